The number of carbonyl (C=O) groups excluding carboxylic acids is 1. The van der Waals surface area contributed by atoms with E-state index in [9.17, 15) is 4.79 Å². The van der Waals surface area contributed by atoms with E-state index in [1.165, 1.54) is 0 Å². The average molecular weight is 332 g/mol. The molecule has 1 aromatic rings. The van der Waals surface area contributed by atoms with E-state index in [-0.39, 0.29) is 5.91 Å². The third-order valence-electron chi connectivity index (χ3n) is 3.55. The maximum absolute atomic E-state index is 11.9. The van der Waals surface area contributed by atoms with Crippen LogP contribution >= 0.6 is 23.2 Å². The summed E-state index contributed by atoms with van der Waals surface area (Å²) in [7, 11) is 0. The molecule has 1 N–H and O–H groups in total. The average Bonchev–Trinajstić information content (AvgIpc) is 2.97. The van der Waals surface area contributed by atoms with Crippen LogP contribution in [0, 0.1) is 5.41 Å². The Bertz CT molecular complexity index is 504. The number of nitrogens with one attached hydrogen (secondary N) is 1. The zero-order chi connectivity index (χ0) is 15.5. The van der Waals surface area contributed by atoms with Crippen molar-refractivity contribution in [2.24, 2.45) is 5.41 Å². The van der Waals surface area contributed by atoms with Crippen LogP contribution in [0.2, 0.25) is 0 Å². The summed E-state index contributed by atoms with van der Waals surface area (Å²) >= 11 is 11.9. The Kier molecular flexibility index (Phi) is 4.89. The SMILES string of the molecule is CCOc1ccc(OCCNC(=O)C2(C)CC2(Cl)Cl)cc1. The van der Waals surface area contributed by atoms with Crippen molar-refractivity contribution in [2.45, 2.75) is 24.6 Å². The third-order valence-corrected chi connectivity index (χ3v) is 4.65. The van der Waals surface area contributed by atoms with E-state index in [1.54, 1.807) is 6.92 Å². The smallest absolute Gasteiger partial charge is 0.229 e. The highest BCUT2D eigenvalue weighted by atomic mass is 35.5. The molecule has 0 radical (unpaired) electrons. The van der Waals surface area contributed by atoms with E-state index in [2.05, 4.69) is 5.32 Å². The molecule has 2 rings (SSSR count). The predicted molar refractivity (Wildman–Crippen MR) is 83.3 cm³/mol. The number of rotatable bonds is 7. The van der Waals surface area contributed by atoms with Crippen LogP contribution in [-0.2, 0) is 4.79 Å². The quantitative estimate of drug-likeness (QED) is 0.616. The second kappa shape index (κ2) is 6.32. The first-order chi connectivity index (χ1) is 9.89. The summed E-state index contributed by atoms with van der Waals surface area (Å²) in [5, 5.41) is 2.79. The van der Waals surface area contributed by atoms with Crippen LogP contribution in [-0.4, -0.2) is 30.0 Å². The summed E-state index contributed by atoms with van der Waals surface area (Å²) < 4.78 is 9.95. The topological polar surface area (TPSA) is 47.6 Å². The van der Waals surface area contributed by atoms with Crippen molar-refractivity contribution in [1.82, 2.24) is 5.32 Å². The summed E-state index contributed by atoms with van der Waals surface area (Å²) in [6.07, 6.45) is 0.481. The van der Waals surface area contributed by atoms with Gasteiger partial charge in [0, 0.05) is 0 Å². The lowest BCUT2D eigenvalue weighted by Crippen LogP contribution is -2.35. The highest BCUT2D eigenvalue weighted by molar-refractivity contribution is 6.53. The second-order valence-electron chi connectivity index (χ2n) is 5.22. The first kappa shape index (κ1) is 16.2. The van der Waals surface area contributed by atoms with Gasteiger partial charge < -0.3 is 14.8 Å². The molecule has 6 heteroatoms. The maximum atomic E-state index is 11.9. The molecule has 0 aromatic heterocycles. The van der Waals surface area contributed by atoms with Crippen molar-refractivity contribution in [2.75, 3.05) is 19.8 Å². The molecule has 0 heterocycles. The minimum Gasteiger partial charge on any atom is -0.494 e. The van der Waals surface area contributed by atoms with Crippen LogP contribution in [0.5, 0.6) is 11.5 Å². The molecule has 116 valence electrons. The van der Waals surface area contributed by atoms with Gasteiger partial charge in [-0.05, 0) is 44.5 Å². The molecule has 0 saturated heterocycles. The molecule has 1 saturated carbocycles. The van der Waals surface area contributed by atoms with Crippen molar-refractivity contribution in [1.29, 1.82) is 0 Å². The van der Waals surface area contributed by atoms with E-state index in [0.29, 0.717) is 26.2 Å². The van der Waals surface area contributed by atoms with Crippen molar-refractivity contribution in [3.63, 3.8) is 0 Å². The number of carbonyl (C=O) groups is 1. The fraction of sp³-hybridized carbons (Fsp3) is 0.533. The zero-order valence-corrected chi connectivity index (χ0v) is 13.6. The van der Waals surface area contributed by atoms with Gasteiger partial charge >= 0.3 is 0 Å². The molecule has 1 aromatic carbocycles. The number of hydrogen-bond donors (Lipinski definition) is 1. The Morgan fingerprint density at radius 2 is 1.76 bits per heavy atom. The predicted octanol–water partition coefficient (Wildman–Crippen LogP) is 3.16. The van der Waals surface area contributed by atoms with Crippen LogP contribution in [0.3, 0.4) is 0 Å². The van der Waals surface area contributed by atoms with Gasteiger partial charge in [0.05, 0.1) is 18.6 Å². The van der Waals surface area contributed by atoms with E-state index in [0.717, 1.165) is 11.5 Å². The third kappa shape index (κ3) is 3.74. The van der Waals surface area contributed by atoms with Crippen molar-refractivity contribution in [3.05, 3.63) is 24.3 Å². The maximum Gasteiger partial charge on any atom is 0.229 e. The van der Waals surface area contributed by atoms with Gasteiger partial charge in [-0.3, -0.25) is 4.79 Å². The molecule has 1 fully saturated rings. The van der Waals surface area contributed by atoms with Gasteiger partial charge in [0.2, 0.25) is 5.91 Å². The molecular weight excluding hydrogens is 313 g/mol. The Morgan fingerprint density at radius 3 is 2.24 bits per heavy atom. The number of hydrogen-bond acceptors (Lipinski definition) is 3. The van der Waals surface area contributed by atoms with Crippen LogP contribution in [0.4, 0.5) is 0 Å². The summed E-state index contributed by atoms with van der Waals surface area (Å²) in [4.78, 5) is 11.9. The monoisotopic (exact) mass is 331 g/mol. The highest BCUT2D eigenvalue weighted by Gasteiger charge is 2.67. The summed E-state index contributed by atoms with van der Waals surface area (Å²) in [6, 6.07) is 7.35. The molecule has 1 unspecified atom stereocenters. The van der Waals surface area contributed by atoms with E-state index >= 15 is 0 Å². The Hall–Kier alpha value is -1.13. The van der Waals surface area contributed by atoms with Gasteiger partial charge in [0.1, 0.15) is 22.4 Å². The second-order valence-corrected chi connectivity index (χ2v) is 6.71. The van der Waals surface area contributed by atoms with Crippen LogP contribution in [0.25, 0.3) is 0 Å². The molecule has 21 heavy (non-hydrogen) atoms. The fourth-order valence-electron chi connectivity index (χ4n) is 1.97. The lowest BCUT2D eigenvalue weighted by molar-refractivity contribution is -0.125. The summed E-state index contributed by atoms with van der Waals surface area (Å²) in [5.74, 6) is 1.40. The minimum absolute atomic E-state index is 0.136. The van der Waals surface area contributed by atoms with Gasteiger partial charge in [-0.2, -0.15) is 0 Å². The number of benzene rings is 1. The van der Waals surface area contributed by atoms with Gasteiger partial charge in [0.25, 0.3) is 0 Å². The lowest BCUT2D eigenvalue weighted by atomic mass is 10.1. The van der Waals surface area contributed by atoms with Crippen LogP contribution in [0.1, 0.15) is 20.3 Å². The molecule has 1 amide bonds. The van der Waals surface area contributed by atoms with E-state index < -0.39 is 9.75 Å². The van der Waals surface area contributed by atoms with Crippen LogP contribution in [0.15, 0.2) is 24.3 Å². The summed E-state index contributed by atoms with van der Waals surface area (Å²) in [6.45, 7) is 5.12. The molecule has 0 bridgehead atoms. The van der Waals surface area contributed by atoms with E-state index in [1.807, 2.05) is 31.2 Å². The van der Waals surface area contributed by atoms with E-state index in [4.69, 9.17) is 32.7 Å². The molecule has 1 aliphatic rings. The van der Waals surface area contributed by atoms with Crippen molar-refractivity contribution >= 4 is 29.1 Å². The van der Waals surface area contributed by atoms with Gasteiger partial charge in [0.15, 0.2) is 0 Å². The van der Waals surface area contributed by atoms with Crippen molar-refractivity contribution in [3.8, 4) is 11.5 Å². The Morgan fingerprint density at radius 1 is 1.24 bits per heavy atom. The number of ether oxygens (including phenoxy) is 2. The van der Waals surface area contributed by atoms with Gasteiger partial charge in [-0.15, -0.1) is 23.2 Å². The van der Waals surface area contributed by atoms with Crippen molar-refractivity contribution < 1.29 is 14.3 Å². The zero-order valence-electron chi connectivity index (χ0n) is 12.1. The first-order valence-corrected chi connectivity index (χ1v) is 7.66. The fourth-order valence-corrected chi connectivity index (χ4v) is 2.68. The molecule has 0 aliphatic heterocycles. The summed E-state index contributed by atoms with van der Waals surface area (Å²) in [5.41, 5.74) is -0.685. The largest absolute Gasteiger partial charge is 0.494 e. The van der Waals surface area contributed by atoms with Gasteiger partial charge in [-0.1, -0.05) is 0 Å². The lowest BCUT2D eigenvalue weighted by Gasteiger charge is -2.13. The molecule has 4 nitrogen and oxygen atoms in total. The standard InChI is InChI=1S/C15H19Cl2NO3/c1-3-20-11-4-6-12(7-5-11)21-9-8-18-13(19)14(2)10-15(14,16)17/h4-7H,3,8-10H2,1-2H3,(H,18,19). The number of amides is 1. The van der Waals surface area contributed by atoms with Gasteiger partial charge in [-0.25, -0.2) is 0 Å². The number of halogens is 2. The highest BCUT2D eigenvalue weighted by Crippen LogP contribution is 2.63. The Labute approximate surface area is 134 Å². The Balaban J connectivity index is 1.69. The molecule has 0 spiro atoms. The molecule has 1 atom stereocenters. The minimum atomic E-state index is -0.937. The first-order valence-electron chi connectivity index (χ1n) is 6.91. The normalized spacial score (nSPS) is 22.5. The molecule has 1 aliphatic carbocycles. The van der Waals surface area contributed by atoms with Crippen LogP contribution < -0.4 is 14.8 Å². The number of alkyl halides is 2. The molecular formula is C15H19Cl2NO3.